The minimum absolute atomic E-state index is 0.430. The van der Waals surface area contributed by atoms with Crippen molar-refractivity contribution in [2.75, 3.05) is 0 Å². The van der Waals surface area contributed by atoms with Gasteiger partial charge in [-0.15, -0.1) is 0 Å². The zero-order valence-electron chi connectivity index (χ0n) is 23.2. The molecule has 0 spiro atoms. The molecule has 0 aromatic heterocycles. The van der Waals surface area contributed by atoms with Crippen LogP contribution in [0.15, 0.2) is 0 Å². The standard InChI is InChI=1S/C30H58/c1-14-25-15-27(29(9,10)11)16-26(25)17-30(12,13)24(8)23(7)28-21(5)19(3)18(2)20(4)22(28)6/h18-28H,14-17H2,1-13H3. The summed E-state index contributed by atoms with van der Waals surface area (Å²) >= 11 is 0. The third kappa shape index (κ3) is 5.14. The Balaban J connectivity index is 2.15. The average Bonchev–Trinajstić information content (AvgIpc) is 3.06. The van der Waals surface area contributed by atoms with Crippen molar-refractivity contribution in [3.63, 3.8) is 0 Å². The van der Waals surface area contributed by atoms with Gasteiger partial charge >= 0.3 is 0 Å². The Labute approximate surface area is 191 Å². The maximum atomic E-state index is 2.61. The lowest BCUT2D eigenvalue weighted by molar-refractivity contribution is -0.0406. The average molecular weight is 419 g/mol. The SMILES string of the molecule is CCC1CC(C(C)(C)C)CC1CC(C)(C)C(C)C(C)C1C(C)C(C)C(C)C(C)C1C. The highest BCUT2D eigenvalue weighted by molar-refractivity contribution is 4.96. The Morgan fingerprint density at radius 3 is 1.57 bits per heavy atom. The van der Waals surface area contributed by atoms with Crippen LogP contribution in [0.2, 0.25) is 0 Å². The highest BCUT2D eigenvalue weighted by atomic mass is 14.5. The highest BCUT2D eigenvalue weighted by Gasteiger charge is 2.47. The van der Waals surface area contributed by atoms with Crippen LogP contribution in [0, 0.1) is 75.9 Å². The van der Waals surface area contributed by atoms with Crippen molar-refractivity contribution >= 4 is 0 Å². The topological polar surface area (TPSA) is 0 Å². The molecule has 9 atom stereocenters. The van der Waals surface area contributed by atoms with Gasteiger partial charge < -0.3 is 0 Å². The Morgan fingerprint density at radius 2 is 1.13 bits per heavy atom. The molecule has 178 valence electrons. The first-order valence-corrected chi connectivity index (χ1v) is 13.6. The minimum Gasteiger partial charge on any atom is -0.0651 e. The molecule has 0 aromatic carbocycles. The van der Waals surface area contributed by atoms with Crippen molar-refractivity contribution < 1.29 is 0 Å². The zero-order chi connectivity index (χ0) is 23.2. The van der Waals surface area contributed by atoms with Crippen LogP contribution in [0.4, 0.5) is 0 Å². The van der Waals surface area contributed by atoms with Gasteiger partial charge in [0.15, 0.2) is 0 Å². The van der Waals surface area contributed by atoms with Crippen LogP contribution in [-0.4, -0.2) is 0 Å². The van der Waals surface area contributed by atoms with E-state index in [0.29, 0.717) is 10.8 Å². The van der Waals surface area contributed by atoms with Crippen LogP contribution in [-0.2, 0) is 0 Å². The van der Waals surface area contributed by atoms with Gasteiger partial charge in [-0.05, 0) is 95.2 Å². The lowest BCUT2D eigenvalue weighted by atomic mass is 9.53. The Bertz CT molecular complexity index is 521. The number of hydrogen-bond donors (Lipinski definition) is 0. The first-order chi connectivity index (χ1) is 13.6. The Morgan fingerprint density at radius 1 is 0.700 bits per heavy atom. The van der Waals surface area contributed by atoms with E-state index in [1.807, 2.05) is 0 Å². The largest absolute Gasteiger partial charge is 0.0651 e. The normalized spacial score (nSPS) is 42.9. The quantitative estimate of drug-likeness (QED) is 0.402. The van der Waals surface area contributed by atoms with E-state index in [0.717, 1.165) is 65.1 Å². The third-order valence-electron chi connectivity index (χ3n) is 11.5. The van der Waals surface area contributed by atoms with Gasteiger partial charge in [0.2, 0.25) is 0 Å². The second-order valence-electron chi connectivity index (χ2n) is 14.2. The first-order valence-electron chi connectivity index (χ1n) is 13.6. The van der Waals surface area contributed by atoms with E-state index in [1.54, 1.807) is 0 Å². The van der Waals surface area contributed by atoms with Crippen molar-refractivity contribution in [3.05, 3.63) is 0 Å². The highest BCUT2D eigenvalue weighted by Crippen LogP contribution is 2.55. The Kier molecular flexibility index (Phi) is 8.29. The molecule has 0 bridgehead atoms. The van der Waals surface area contributed by atoms with Crippen molar-refractivity contribution in [3.8, 4) is 0 Å². The summed E-state index contributed by atoms with van der Waals surface area (Å²) in [6.45, 7) is 33.0. The molecule has 0 heterocycles. The fraction of sp³-hybridized carbons (Fsp3) is 1.00. The molecule has 0 aromatic rings. The molecule has 0 nitrogen and oxygen atoms in total. The zero-order valence-corrected chi connectivity index (χ0v) is 23.2. The summed E-state index contributed by atoms with van der Waals surface area (Å²) in [4.78, 5) is 0. The number of hydrogen-bond acceptors (Lipinski definition) is 0. The molecule has 0 N–H and O–H groups in total. The van der Waals surface area contributed by atoms with Crippen LogP contribution >= 0.6 is 0 Å². The molecule has 0 saturated heterocycles. The molecule has 2 rings (SSSR count). The summed E-state index contributed by atoms with van der Waals surface area (Å²) < 4.78 is 0. The van der Waals surface area contributed by atoms with Crippen LogP contribution in [0.5, 0.6) is 0 Å². The lowest BCUT2D eigenvalue weighted by Gasteiger charge is -2.52. The van der Waals surface area contributed by atoms with Gasteiger partial charge in [-0.2, -0.15) is 0 Å². The molecular weight excluding hydrogens is 360 g/mol. The molecule has 2 saturated carbocycles. The summed E-state index contributed by atoms with van der Waals surface area (Å²) in [6.07, 6.45) is 5.74. The van der Waals surface area contributed by atoms with E-state index < -0.39 is 0 Å². The third-order valence-corrected chi connectivity index (χ3v) is 11.5. The van der Waals surface area contributed by atoms with Crippen LogP contribution in [0.25, 0.3) is 0 Å². The summed E-state index contributed by atoms with van der Waals surface area (Å²) in [5, 5.41) is 0. The van der Waals surface area contributed by atoms with E-state index in [-0.39, 0.29) is 0 Å². The van der Waals surface area contributed by atoms with E-state index >= 15 is 0 Å². The Hall–Kier alpha value is 0. The van der Waals surface area contributed by atoms with Gasteiger partial charge in [-0.25, -0.2) is 0 Å². The van der Waals surface area contributed by atoms with Crippen molar-refractivity contribution in [1.82, 2.24) is 0 Å². The van der Waals surface area contributed by atoms with Gasteiger partial charge in [0.25, 0.3) is 0 Å². The summed E-state index contributed by atoms with van der Waals surface area (Å²) in [5.74, 6) is 9.52. The van der Waals surface area contributed by atoms with E-state index in [1.165, 1.54) is 25.7 Å². The fourth-order valence-corrected chi connectivity index (χ4v) is 8.15. The van der Waals surface area contributed by atoms with Gasteiger partial charge in [-0.3, -0.25) is 0 Å². The van der Waals surface area contributed by atoms with E-state index in [4.69, 9.17) is 0 Å². The van der Waals surface area contributed by atoms with Gasteiger partial charge in [0, 0.05) is 0 Å². The van der Waals surface area contributed by atoms with Gasteiger partial charge in [0.05, 0.1) is 0 Å². The fourth-order valence-electron chi connectivity index (χ4n) is 8.15. The van der Waals surface area contributed by atoms with E-state index in [2.05, 4.69) is 90.0 Å². The van der Waals surface area contributed by atoms with Crippen molar-refractivity contribution in [1.29, 1.82) is 0 Å². The van der Waals surface area contributed by atoms with Gasteiger partial charge in [0.1, 0.15) is 0 Å². The second kappa shape index (κ2) is 9.47. The van der Waals surface area contributed by atoms with Crippen molar-refractivity contribution in [2.24, 2.45) is 75.9 Å². The molecule has 30 heavy (non-hydrogen) atoms. The molecule has 0 amide bonds. The predicted octanol–water partition coefficient (Wildman–Crippen LogP) is 9.58. The molecular formula is C30H58. The minimum atomic E-state index is 0.430. The monoisotopic (exact) mass is 418 g/mol. The summed E-state index contributed by atoms with van der Waals surface area (Å²) in [5.41, 5.74) is 0.903. The molecule has 0 aliphatic heterocycles. The molecule has 0 radical (unpaired) electrons. The molecule has 2 fully saturated rings. The number of rotatable bonds is 6. The van der Waals surface area contributed by atoms with Crippen molar-refractivity contribution in [2.45, 2.75) is 116 Å². The van der Waals surface area contributed by atoms with Crippen LogP contribution in [0.1, 0.15) is 116 Å². The second-order valence-corrected chi connectivity index (χ2v) is 14.2. The maximum absolute atomic E-state index is 2.61. The molecule has 9 unspecified atom stereocenters. The van der Waals surface area contributed by atoms with E-state index in [9.17, 15) is 0 Å². The predicted molar refractivity (Wildman–Crippen MR) is 135 cm³/mol. The first kappa shape index (κ1) is 26.3. The molecule has 2 aliphatic rings. The smallest absolute Gasteiger partial charge is 0.0323 e. The maximum Gasteiger partial charge on any atom is -0.0323 e. The lowest BCUT2D eigenvalue weighted by Crippen LogP contribution is -2.46. The summed E-state index contributed by atoms with van der Waals surface area (Å²) in [6, 6.07) is 0. The van der Waals surface area contributed by atoms with Gasteiger partial charge in [-0.1, -0.05) is 96.4 Å². The molecule has 0 heteroatoms. The molecule has 2 aliphatic carbocycles. The summed E-state index contributed by atoms with van der Waals surface area (Å²) in [7, 11) is 0. The van der Waals surface area contributed by atoms with Crippen LogP contribution < -0.4 is 0 Å². The van der Waals surface area contributed by atoms with Crippen LogP contribution in [0.3, 0.4) is 0 Å².